The van der Waals surface area contributed by atoms with Crippen molar-refractivity contribution >= 4 is 5.69 Å². The molecule has 0 radical (unpaired) electrons. The first-order valence-electron chi connectivity index (χ1n) is 6.19. The third-order valence-corrected chi connectivity index (χ3v) is 3.27. The fraction of sp³-hybridized carbons (Fsp3) is 0.500. The molecule has 1 N–H and O–H groups in total. The number of rotatable bonds is 5. The normalized spacial score (nSPS) is 16.3. The Hall–Kier alpha value is -1.56. The molecule has 1 aliphatic rings. The molecule has 2 rings (SSSR count). The van der Waals surface area contributed by atoms with Crippen molar-refractivity contribution in [3.05, 3.63) is 29.6 Å². The Bertz CT molecular complexity index is 432. The van der Waals surface area contributed by atoms with E-state index in [0.29, 0.717) is 6.04 Å². The molecule has 1 saturated carbocycles. The first kappa shape index (κ1) is 11.9. The first-order chi connectivity index (χ1) is 8.22. The maximum atomic E-state index is 13.4. The van der Waals surface area contributed by atoms with Gasteiger partial charge in [-0.3, -0.25) is 0 Å². The average molecular weight is 232 g/mol. The quantitative estimate of drug-likeness (QED) is 0.840. The van der Waals surface area contributed by atoms with Crippen LogP contribution in [0.4, 0.5) is 10.1 Å². The van der Waals surface area contributed by atoms with Gasteiger partial charge in [0.15, 0.2) is 0 Å². The van der Waals surface area contributed by atoms with Gasteiger partial charge in [-0.1, -0.05) is 19.8 Å². The van der Waals surface area contributed by atoms with E-state index >= 15 is 0 Å². The molecule has 1 aromatic carbocycles. The Morgan fingerprint density at radius 3 is 2.82 bits per heavy atom. The van der Waals surface area contributed by atoms with E-state index in [4.69, 9.17) is 5.26 Å². The number of hydrogen-bond acceptors (Lipinski definition) is 2. The number of hydrogen-bond donors (Lipinski definition) is 1. The zero-order valence-corrected chi connectivity index (χ0v) is 10.0. The molecule has 1 unspecified atom stereocenters. The highest BCUT2D eigenvalue weighted by Gasteiger charge is 2.24. The zero-order valence-electron chi connectivity index (χ0n) is 10.0. The summed E-state index contributed by atoms with van der Waals surface area (Å²) in [5.74, 6) is 0.412. The van der Waals surface area contributed by atoms with Gasteiger partial charge in [0, 0.05) is 11.7 Å². The summed E-state index contributed by atoms with van der Waals surface area (Å²) in [5, 5.41) is 12.0. The maximum Gasteiger partial charge on any atom is 0.143 e. The lowest BCUT2D eigenvalue weighted by Gasteiger charge is -2.18. The molecule has 1 aromatic rings. The van der Waals surface area contributed by atoms with Gasteiger partial charge in [0.1, 0.15) is 11.9 Å². The van der Waals surface area contributed by atoms with Gasteiger partial charge in [-0.2, -0.15) is 5.26 Å². The highest BCUT2D eigenvalue weighted by atomic mass is 19.1. The van der Waals surface area contributed by atoms with Crippen LogP contribution >= 0.6 is 0 Å². The van der Waals surface area contributed by atoms with E-state index in [9.17, 15) is 4.39 Å². The molecule has 3 heteroatoms. The van der Waals surface area contributed by atoms with E-state index in [-0.39, 0.29) is 5.56 Å². The number of anilines is 1. The van der Waals surface area contributed by atoms with Crippen molar-refractivity contribution in [2.45, 2.75) is 38.6 Å². The number of nitrogens with zero attached hydrogens (tertiary/aromatic N) is 1. The molecule has 1 atom stereocenters. The molecular weight excluding hydrogens is 215 g/mol. The van der Waals surface area contributed by atoms with Crippen LogP contribution in [0.5, 0.6) is 0 Å². The van der Waals surface area contributed by atoms with Gasteiger partial charge in [0.05, 0.1) is 5.56 Å². The van der Waals surface area contributed by atoms with Gasteiger partial charge >= 0.3 is 0 Å². The van der Waals surface area contributed by atoms with Crippen molar-refractivity contribution < 1.29 is 4.39 Å². The molecular formula is C14H17FN2. The standard InChI is InChI=1S/C14H17FN2/c1-2-12(7-10-3-4-10)17-13-6-5-11(9-16)14(15)8-13/h5-6,8,10,12,17H,2-4,7H2,1H3. The second-order valence-electron chi connectivity index (χ2n) is 4.74. The predicted octanol–water partition coefficient (Wildman–Crippen LogP) is 3.69. The highest BCUT2D eigenvalue weighted by Crippen LogP contribution is 2.34. The fourth-order valence-corrected chi connectivity index (χ4v) is 2.01. The van der Waals surface area contributed by atoms with E-state index < -0.39 is 5.82 Å². The van der Waals surface area contributed by atoms with Crippen LogP contribution in [0.25, 0.3) is 0 Å². The number of halogens is 1. The molecule has 2 nitrogen and oxygen atoms in total. The summed E-state index contributed by atoms with van der Waals surface area (Å²) in [7, 11) is 0. The lowest BCUT2D eigenvalue weighted by Crippen LogP contribution is -2.19. The molecule has 0 saturated heterocycles. The number of nitrogens with one attached hydrogen (secondary N) is 1. The van der Waals surface area contributed by atoms with Crippen molar-refractivity contribution in [2.24, 2.45) is 5.92 Å². The largest absolute Gasteiger partial charge is 0.382 e. The van der Waals surface area contributed by atoms with E-state index in [1.54, 1.807) is 6.07 Å². The summed E-state index contributed by atoms with van der Waals surface area (Å²) in [4.78, 5) is 0. The van der Waals surface area contributed by atoms with Crippen molar-refractivity contribution in [1.82, 2.24) is 0 Å². The van der Waals surface area contributed by atoms with Crippen LogP contribution in [0.15, 0.2) is 18.2 Å². The maximum absolute atomic E-state index is 13.4. The second-order valence-corrected chi connectivity index (χ2v) is 4.74. The van der Waals surface area contributed by atoms with Gasteiger partial charge in [0.25, 0.3) is 0 Å². The molecule has 0 amide bonds. The topological polar surface area (TPSA) is 35.8 Å². The van der Waals surface area contributed by atoms with Crippen molar-refractivity contribution in [2.75, 3.05) is 5.32 Å². The molecule has 1 fully saturated rings. The van der Waals surface area contributed by atoms with Gasteiger partial charge in [-0.05, 0) is 37.0 Å². The lowest BCUT2D eigenvalue weighted by atomic mass is 10.1. The summed E-state index contributed by atoms with van der Waals surface area (Å²) < 4.78 is 13.4. The van der Waals surface area contributed by atoms with Crippen LogP contribution in [0.1, 0.15) is 38.2 Å². The molecule has 0 bridgehead atoms. The molecule has 0 aromatic heterocycles. The predicted molar refractivity (Wildman–Crippen MR) is 66.2 cm³/mol. The van der Waals surface area contributed by atoms with Crippen molar-refractivity contribution in [3.63, 3.8) is 0 Å². The van der Waals surface area contributed by atoms with Crippen LogP contribution in [0, 0.1) is 23.1 Å². The zero-order chi connectivity index (χ0) is 12.3. The summed E-state index contributed by atoms with van der Waals surface area (Å²) >= 11 is 0. The minimum absolute atomic E-state index is 0.103. The van der Waals surface area contributed by atoms with Crippen molar-refractivity contribution in [1.29, 1.82) is 5.26 Å². The van der Waals surface area contributed by atoms with Crippen LogP contribution < -0.4 is 5.32 Å². The third kappa shape index (κ3) is 3.20. The van der Waals surface area contributed by atoms with E-state index in [2.05, 4.69) is 12.2 Å². The minimum Gasteiger partial charge on any atom is -0.382 e. The summed E-state index contributed by atoms with van der Waals surface area (Å²) in [6, 6.07) is 6.96. The monoisotopic (exact) mass is 232 g/mol. The molecule has 0 heterocycles. The Kier molecular flexibility index (Phi) is 3.63. The van der Waals surface area contributed by atoms with Crippen LogP contribution in [0.3, 0.4) is 0 Å². The number of nitriles is 1. The molecule has 17 heavy (non-hydrogen) atoms. The lowest BCUT2D eigenvalue weighted by molar-refractivity contribution is 0.585. The van der Waals surface area contributed by atoms with Gasteiger partial charge in [-0.15, -0.1) is 0 Å². The molecule has 90 valence electrons. The Balaban J connectivity index is 2.01. The van der Waals surface area contributed by atoms with Gasteiger partial charge in [-0.25, -0.2) is 4.39 Å². The second kappa shape index (κ2) is 5.18. The highest BCUT2D eigenvalue weighted by molar-refractivity contribution is 5.48. The van der Waals surface area contributed by atoms with Crippen LogP contribution in [-0.2, 0) is 0 Å². The molecule has 0 spiro atoms. The van der Waals surface area contributed by atoms with E-state index in [1.165, 1.54) is 25.0 Å². The first-order valence-corrected chi connectivity index (χ1v) is 6.19. The van der Waals surface area contributed by atoms with E-state index in [0.717, 1.165) is 24.4 Å². The van der Waals surface area contributed by atoms with Gasteiger partial charge in [0.2, 0.25) is 0 Å². The smallest absolute Gasteiger partial charge is 0.143 e. The summed E-state index contributed by atoms with van der Waals surface area (Å²) in [6.45, 7) is 2.14. The summed E-state index contributed by atoms with van der Waals surface area (Å²) in [6.07, 6.45) is 4.87. The van der Waals surface area contributed by atoms with Crippen molar-refractivity contribution in [3.8, 4) is 6.07 Å². The Morgan fingerprint density at radius 2 is 2.29 bits per heavy atom. The Morgan fingerprint density at radius 1 is 1.53 bits per heavy atom. The van der Waals surface area contributed by atoms with Gasteiger partial charge < -0.3 is 5.32 Å². The van der Waals surface area contributed by atoms with Crippen LogP contribution in [0.2, 0.25) is 0 Å². The number of benzene rings is 1. The third-order valence-electron chi connectivity index (χ3n) is 3.27. The molecule has 1 aliphatic carbocycles. The minimum atomic E-state index is -0.446. The Labute approximate surface area is 101 Å². The van der Waals surface area contributed by atoms with Crippen LogP contribution in [-0.4, -0.2) is 6.04 Å². The molecule has 0 aliphatic heterocycles. The SMILES string of the molecule is CCC(CC1CC1)Nc1ccc(C#N)c(F)c1. The average Bonchev–Trinajstić information content (AvgIpc) is 3.12. The summed E-state index contributed by atoms with van der Waals surface area (Å²) in [5.41, 5.74) is 0.875. The fourth-order valence-electron chi connectivity index (χ4n) is 2.01. The van der Waals surface area contributed by atoms with E-state index in [1.807, 2.05) is 6.07 Å².